The Morgan fingerprint density at radius 3 is 2.55 bits per heavy atom. The molecule has 0 fully saturated rings. The lowest BCUT2D eigenvalue weighted by atomic mass is 9.88. The minimum absolute atomic E-state index is 0.0107. The van der Waals surface area contributed by atoms with Crippen molar-refractivity contribution in [3.05, 3.63) is 17.5 Å². The highest BCUT2D eigenvalue weighted by Crippen LogP contribution is 2.22. The standard InChI is InChI=1S/C8H12N2O/c1-8(2,3)6-4-9-10-7(6)5-11/h4-5H,1-3H3,(H,9,10). The van der Waals surface area contributed by atoms with Gasteiger partial charge in [0.2, 0.25) is 0 Å². The molecule has 1 aromatic heterocycles. The van der Waals surface area contributed by atoms with E-state index in [0.717, 1.165) is 11.8 Å². The molecule has 0 aliphatic rings. The average Bonchev–Trinajstić information content (AvgIpc) is 2.31. The second kappa shape index (κ2) is 2.49. The van der Waals surface area contributed by atoms with Crippen molar-refractivity contribution in [3.8, 4) is 0 Å². The number of aromatic amines is 1. The first-order valence-electron chi connectivity index (χ1n) is 3.54. The smallest absolute Gasteiger partial charge is 0.168 e. The van der Waals surface area contributed by atoms with Crippen molar-refractivity contribution in [2.75, 3.05) is 0 Å². The molecule has 0 aromatic carbocycles. The van der Waals surface area contributed by atoms with Gasteiger partial charge in [-0.2, -0.15) is 5.10 Å². The number of aldehydes is 1. The third kappa shape index (κ3) is 1.48. The van der Waals surface area contributed by atoms with Gasteiger partial charge >= 0.3 is 0 Å². The van der Waals surface area contributed by atoms with Crippen molar-refractivity contribution in [3.63, 3.8) is 0 Å². The molecule has 1 rings (SSSR count). The Balaban J connectivity index is 3.12. The summed E-state index contributed by atoms with van der Waals surface area (Å²) in [5.74, 6) is 0. The van der Waals surface area contributed by atoms with E-state index in [1.165, 1.54) is 0 Å². The van der Waals surface area contributed by atoms with Gasteiger partial charge in [-0.25, -0.2) is 0 Å². The van der Waals surface area contributed by atoms with Gasteiger partial charge < -0.3 is 0 Å². The van der Waals surface area contributed by atoms with Crippen LogP contribution >= 0.6 is 0 Å². The Morgan fingerprint density at radius 2 is 2.18 bits per heavy atom. The fourth-order valence-corrected chi connectivity index (χ4v) is 0.984. The number of carbonyl (C=O) groups excluding carboxylic acids is 1. The van der Waals surface area contributed by atoms with Gasteiger partial charge in [-0.1, -0.05) is 20.8 Å². The molecule has 1 heterocycles. The summed E-state index contributed by atoms with van der Waals surface area (Å²) in [6.45, 7) is 6.14. The van der Waals surface area contributed by atoms with Crippen LogP contribution in [0, 0.1) is 0 Å². The second-order valence-electron chi connectivity index (χ2n) is 3.57. The van der Waals surface area contributed by atoms with Gasteiger partial charge in [-0.3, -0.25) is 9.89 Å². The van der Waals surface area contributed by atoms with Gasteiger partial charge in [0.25, 0.3) is 0 Å². The van der Waals surface area contributed by atoms with Crippen LogP contribution in [0.5, 0.6) is 0 Å². The Bertz CT molecular complexity index is 257. The topological polar surface area (TPSA) is 45.8 Å². The fourth-order valence-electron chi connectivity index (χ4n) is 0.984. The van der Waals surface area contributed by atoms with E-state index in [-0.39, 0.29) is 5.41 Å². The molecule has 0 unspecified atom stereocenters. The SMILES string of the molecule is CC(C)(C)c1cn[nH]c1C=O. The number of H-pyrrole nitrogens is 1. The molecule has 0 spiro atoms. The molecule has 0 aliphatic heterocycles. The first kappa shape index (κ1) is 7.98. The molecule has 0 saturated carbocycles. The summed E-state index contributed by atoms with van der Waals surface area (Å²) in [5, 5.41) is 6.45. The lowest BCUT2D eigenvalue weighted by molar-refractivity contribution is 0.111. The van der Waals surface area contributed by atoms with E-state index in [1.54, 1.807) is 6.20 Å². The molecule has 11 heavy (non-hydrogen) atoms. The number of aromatic nitrogens is 2. The number of nitrogens with one attached hydrogen (secondary N) is 1. The summed E-state index contributed by atoms with van der Waals surface area (Å²) in [5.41, 5.74) is 1.54. The predicted molar refractivity (Wildman–Crippen MR) is 42.7 cm³/mol. The second-order valence-corrected chi connectivity index (χ2v) is 3.57. The van der Waals surface area contributed by atoms with Crippen LogP contribution in [0.15, 0.2) is 6.20 Å². The normalized spacial score (nSPS) is 11.5. The third-order valence-electron chi connectivity index (χ3n) is 1.59. The summed E-state index contributed by atoms with van der Waals surface area (Å²) >= 11 is 0. The molecule has 3 heteroatoms. The lowest BCUT2D eigenvalue weighted by Crippen LogP contribution is -2.12. The van der Waals surface area contributed by atoms with Crippen LogP contribution in [0.2, 0.25) is 0 Å². The van der Waals surface area contributed by atoms with Crippen molar-refractivity contribution in [1.82, 2.24) is 10.2 Å². The van der Waals surface area contributed by atoms with Crippen molar-refractivity contribution in [2.24, 2.45) is 0 Å². The van der Waals surface area contributed by atoms with Crippen molar-refractivity contribution < 1.29 is 4.79 Å². The van der Waals surface area contributed by atoms with E-state index in [2.05, 4.69) is 10.2 Å². The summed E-state index contributed by atoms with van der Waals surface area (Å²) in [7, 11) is 0. The molecule has 3 nitrogen and oxygen atoms in total. The van der Waals surface area contributed by atoms with Gasteiger partial charge in [0.05, 0.1) is 6.20 Å². The van der Waals surface area contributed by atoms with E-state index in [4.69, 9.17) is 0 Å². The van der Waals surface area contributed by atoms with Crippen molar-refractivity contribution in [1.29, 1.82) is 0 Å². The van der Waals surface area contributed by atoms with E-state index in [9.17, 15) is 4.79 Å². The van der Waals surface area contributed by atoms with E-state index >= 15 is 0 Å². The largest absolute Gasteiger partial charge is 0.296 e. The van der Waals surface area contributed by atoms with Gasteiger partial charge in [-0.15, -0.1) is 0 Å². The highest BCUT2D eigenvalue weighted by molar-refractivity contribution is 5.74. The molecule has 0 atom stereocenters. The minimum Gasteiger partial charge on any atom is -0.296 e. The average molecular weight is 152 g/mol. The quantitative estimate of drug-likeness (QED) is 0.620. The molecule has 0 bridgehead atoms. The zero-order valence-corrected chi connectivity index (χ0v) is 7.01. The summed E-state index contributed by atoms with van der Waals surface area (Å²) < 4.78 is 0. The fraction of sp³-hybridized carbons (Fsp3) is 0.500. The summed E-state index contributed by atoms with van der Waals surface area (Å²) in [6.07, 6.45) is 2.50. The Morgan fingerprint density at radius 1 is 1.55 bits per heavy atom. The molecule has 60 valence electrons. The third-order valence-corrected chi connectivity index (χ3v) is 1.59. The predicted octanol–water partition coefficient (Wildman–Crippen LogP) is 1.52. The zero-order valence-electron chi connectivity index (χ0n) is 7.01. The molecule has 0 amide bonds. The number of hydrogen-bond donors (Lipinski definition) is 1. The van der Waals surface area contributed by atoms with Crippen LogP contribution in [0.4, 0.5) is 0 Å². The van der Waals surface area contributed by atoms with Gasteiger partial charge in [0.1, 0.15) is 5.69 Å². The van der Waals surface area contributed by atoms with E-state index < -0.39 is 0 Å². The maximum absolute atomic E-state index is 10.5. The van der Waals surface area contributed by atoms with Gasteiger partial charge in [-0.05, 0) is 5.41 Å². The zero-order chi connectivity index (χ0) is 8.48. The minimum atomic E-state index is -0.0107. The summed E-state index contributed by atoms with van der Waals surface area (Å²) in [4.78, 5) is 10.5. The first-order valence-corrected chi connectivity index (χ1v) is 3.54. The summed E-state index contributed by atoms with van der Waals surface area (Å²) in [6, 6.07) is 0. The molecule has 0 saturated heterocycles. The molecular weight excluding hydrogens is 140 g/mol. The number of hydrogen-bond acceptors (Lipinski definition) is 2. The van der Waals surface area contributed by atoms with Crippen LogP contribution in [0.1, 0.15) is 36.8 Å². The van der Waals surface area contributed by atoms with E-state index in [1.807, 2.05) is 20.8 Å². The van der Waals surface area contributed by atoms with Crippen LogP contribution < -0.4 is 0 Å². The molecular formula is C8H12N2O. The van der Waals surface area contributed by atoms with Crippen molar-refractivity contribution >= 4 is 6.29 Å². The monoisotopic (exact) mass is 152 g/mol. The molecule has 1 N–H and O–H groups in total. The molecule has 1 aromatic rings. The Hall–Kier alpha value is -1.12. The number of rotatable bonds is 1. The maximum atomic E-state index is 10.5. The first-order chi connectivity index (χ1) is 5.05. The Labute approximate surface area is 65.8 Å². The van der Waals surface area contributed by atoms with Gasteiger partial charge in [0, 0.05) is 5.56 Å². The van der Waals surface area contributed by atoms with Crippen LogP contribution in [-0.4, -0.2) is 16.5 Å². The van der Waals surface area contributed by atoms with Crippen LogP contribution in [0.3, 0.4) is 0 Å². The van der Waals surface area contributed by atoms with Gasteiger partial charge in [0.15, 0.2) is 6.29 Å². The maximum Gasteiger partial charge on any atom is 0.168 e. The molecule has 0 radical (unpaired) electrons. The Kier molecular flexibility index (Phi) is 1.81. The van der Waals surface area contributed by atoms with E-state index in [0.29, 0.717) is 5.69 Å². The van der Waals surface area contributed by atoms with Crippen LogP contribution in [0.25, 0.3) is 0 Å². The van der Waals surface area contributed by atoms with Crippen molar-refractivity contribution in [2.45, 2.75) is 26.2 Å². The number of carbonyl (C=O) groups is 1. The van der Waals surface area contributed by atoms with Crippen LogP contribution in [-0.2, 0) is 5.41 Å². The lowest BCUT2D eigenvalue weighted by Gasteiger charge is -2.16. The molecule has 0 aliphatic carbocycles. The number of nitrogens with zero attached hydrogens (tertiary/aromatic N) is 1. The highest BCUT2D eigenvalue weighted by atomic mass is 16.1. The highest BCUT2D eigenvalue weighted by Gasteiger charge is 2.18.